The first-order valence-corrected chi connectivity index (χ1v) is 8.14. The molecular weight excluding hydrogens is 296 g/mol. The first-order valence-electron chi connectivity index (χ1n) is 7.77. The third-order valence-corrected chi connectivity index (χ3v) is 4.39. The van der Waals surface area contributed by atoms with Crippen molar-refractivity contribution < 1.29 is 0 Å². The lowest BCUT2D eigenvalue weighted by atomic mass is 10.2. The molecule has 1 atom stereocenters. The number of nitrogens with one attached hydrogen (secondary N) is 1. The summed E-state index contributed by atoms with van der Waals surface area (Å²) >= 11 is 6.24. The number of benzene rings is 1. The molecule has 116 valence electrons. The standard InChI is InChI=1S/C17H21ClN4/c1-3-15-16(18)19-12(2)20-17(15)21-13-9-10-22(11-13)14-7-5-4-6-8-14/h4-8,13H,3,9-11H2,1-2H3,(H,19,20,21). The molecule has 1 N–H and O–H groups in total. The Bertz CT molecular complexity index is 645. The molecule has 1 aliphatic rings. The molecule has 1 fully saturated rings. The Kier molecular flexibility index (Phi) is 4.48. The van der Waals surface area contributed by atoms with E-state index in [1.54, 1.807) is 0 Å². The molecule has 1 aliphatic heterocycles. The maximum absolute atomic E-state index is 6.24. The van der Waals surface area contributed by atoms with Crippen LogP contribution in [0.5, 0.6) is 0 Å². The zero-order chi connectivity index (χ0) is 15.5. The van der Waals surface area contributed by atoms with Crippen LogP contribution >= 0.6 is 11.6 Å². The highest BCUT2D eigenvalue weighted by Crippen LogP contribution is 2.26. The van der Waals surface area contributed by atoms with Gasteiger partial charge in [-0.25, -0.2) is 9.97 Å². The summed E-state index contributed by atoms with van der Waals surface area (Å²) in [6.45, 7) is 5.99. The minimum atomic E-state index is 0.385. The molecule has 0 radical (unpaired) electrons. The van der Waals surface area contributed by atoms with Gasteiger partial charge in [-0.15, -0.1) is 0 Å². The predicted molar refractivity (Wildman–Crippen MR) is 91.8 cm³/mol. The van der Waals surface area contributed by atoms with Gasteiger partial charge in [0, 0.05) is 30.4 Å². The van der Waals surface area contributed by atoms with Crippen molar-refractivity contribution in [3.05, 3.63) is 46.9 Å². The van der Waals surface area contributed by atoms with Gasteiger partial charge < -0.3 is 10.2 Å². The molecule has 0 aliphatic carbocycles. The second-order valence-electron chi connectivity index (χ2n) is 5.65. The van der Waals surface area contributed by atoms with E-state index in [9.17, 15) is 0 Å². The van der Waals surface area contributed by atoms with E-state index in [4.69, 9.17) is 11.6 Å². The molecule has 3 rings (SSSR count). The van der Waals surface area contributed by atoms with Gasteiger partial charge in [0.25, 0.3) is 0 Å². The van der Waals surface area contributed by atoms with E-state index < -0.39 is 0 Å². The van der Waals surface area contributed by atoms with Crippen LogP contribution in [0.15, 0.2) is 30.3 Å². The van der Waals surface area contributed by atoms with Crippen LogP contribution < -0.4 is 10.2 Å². The summed E-state index contributed by atoms with van der Waals surface area (Å²) in [7, 11) is 0. The summed E-state index contributed by atoms with van der Waals surface area (Å²) in [4.78, 5) is 11.2. The van der Waals surface area contributed by atoms with Crippen molar-refractivity contribution in [2.24, 2.45) is 0 Å². The van der Waals surface area contributed by atoms with E-state index >= 15 is 0 Å². The Morgan fingerprint density at radius 1 is 1.27 bits per heavy atom. The lowest BCUT2D eigenvalue weighted by molar-refractivity contribution is 0.792. The molecular formula is C17H21ClN4. The Hall–Kier alpha value is -1.81. The van der Waals surface area contributed by atoms with Crippen molar-refractivity contribution in [2.45, 2.75) is 32.7 Å². The van der Waals surface area contributed by atoms with Crippen LogP contribution in [0, 0.1) is 6.92 Å². The summed E-state index contributed by atoms with van der Waals surface area (Å²) in [6, 6.07) is 10.9. The number of aryl methyl sites for hydroxylation is 1. The zero-order valence-corrected chi connectivity index (χ0v) is 13.8. The average Bonchev–Trinajstić information content (AvgIpc) is 2.96. The number of hydrogen-bond acceptors (Lipinski definition) is 4. The molecule has 1 aromatic heterocycles. The number of para-hydroxylation sites is 1. The highest BCUT2D eigenvalue weighted by molar-refractivity contribution is 6.30. The maximum atomic E-state index is 6.24. The molecule has 0 saturated carbocycles. The zero-order valence-electron chi connectivity index (χ0n) is 13.0. The van der Waals surface area contributed by atoms with Crippen LogP contribution in [-0.4, -0.2) is 29.1 Å². The number of nitrogens with zero attached hydrogens (tertiary/aromatic N) is 3. The molecule has 1 unspecified atom stereocenters. The van der Waals surface area contributed by atoms with Crippen LogP contribution in [0.4, 0.5) is 11.5 Å². The second-order valence-corrected chi connectivity index (χ2v) is 6.01. The summed E-state index contributed by atoms with van der Waals surface area (Å²) in [5, 5.41) is 4.13. The van der Waals surface area contributed by atoms with Crippen LogP contribution in [0.3, 0.4) is 0 Å². The molecule has 0 amide bonds. The van der Waals surface area contributed by atoms with E-state index in [0.717, 1.165) is 37.3 Å². The number of rotatable bonds is 4. The molecule has 0 spiro atoms. The molecule has 2 aromatic rings. The van der Waals surface area contributed by atoms with Gasteiger partial charge in [0.05, 0.1) is 0 Å². The third-order valence-electron chi connectivity index (χ3n) is 4.07. The number of aromatic nitrogens is 2. The largest absolute Gasteiger partial charge is 0.369 e. The number of hydrogen-bond donors (Lipinski definition) is 1. The van der Waals surface area contributed by atoms with Crippen LogP contribution in [0.25, 0.3) is 0 Å². The first-order chi connectivity index (χ1) is 10.7. The first kappa shape index (κ1) is 15.1. The smallest absolute Gasteiger partial charge is 0.138 e. The van der Waals surface area contributed by atoms with Gasteiger partial charge in [0.1, 0.15) is 16.8 Å². The van der Waals surface area contributed by atoms with Gasteiger partial charge in [-0.2, -0.15) is 0 Å². The Balaban J connectivity index is 1.73. The second kappa shape index (κ2) is 6.53. The van der Waals surface area contributed by atoms with Crippen molar-refractivity contribution in [1.29, 1.82) is 0 Å². The lowest BCUT2D eigenvalue weighted by Crippen LogP contribution is -2.27. The SMILES string of the molecule is CCc1c(Cl)nc(C)nc1NC1CCN(c2ccccc2)C1. The van der Waals surface area contributed by atoms with Crippen LogP contribution in [0.2, 0.25) is 5.15 Å². The molecule has 5 heteroatoms. The number of halogens is 1. The van der Waals surface area contributed by atoms with Crippen molar-refractivity contribution in [1.82, 2.24) is 9.97 Å². The normalized spacial score (nSPS) is 17.8. The minimum absolute atomic E-state index is 0.385. The van der Waals surface area contributed by atoms with Crippen LogP contribution in [0.1, 0.15) is 24.7 Å². The molecule has 0 bridgehead atoms. The highest BCUT2D eigenvalue weighted by atomic mass is 35.5. The fraction of sp³-hybridized carbons (Fsp3) is 0.412. The van der Waals surface area contributed by atoms with Crippen LogP contribution in [-0.2, 0) is 6.42 Å². The van der Waals surface area contributed by atoms with Gasteiger partial charge in [-0.05, 0) is 31.9 Å². The van der Waals surface area contributed by atoms with Gasteiger partial charge in [-0.1, -0.05) is 36.7 Å². The third kappa shape index (κ3) is 3.17. The van der Waals surface area contributed by atoms with E-state index in [1.807, 2.05) is 6.92 Å². The van der Waals surface area contributed by atoms with Gasteiger partial charge in [0.2, 0.25) is 0 Å². The maximum Gasteiger partial charge on any atom is 0.138 e. The Morgan fingerprint density at radius 2 is 2.05 bits per heavy atom. The summed E-state index contributed by atoms with van der Waals surface area (Å²) in [6.07, 6.45) is 1.93. The Morgan fingerprint density at radius 3 is 2.77 bits per heavy atom. The van der Waals surface area contributed by atoms with Gasteiger partial charge in [-0.3, -0.25) is 0 Å². The Labute approximate surface area is 136 Å². The predicted octanol–water partition coefficient (Wildman–Crippen LogP) is 3.69. The monoisotopic (exact) mass is 316 g/mol. The summed E-state index contributed by atoms with van der Waals surface area (Å²) in [5.41, 5.74) is 2.28. The molecule has 22 heavy (non-hydrogen) atoms. The minimum Gasteiger partial charge on any atom is -0.369 e. The van der Waals surface area contributed by atoms with E-state index in [2.05, 4.69) is 57.4 Å². The fourth-order valence-electron chi connectivity index (χ4n) is 2.94. The van der Waals surface area contributed by atoms with Crippen molar-refractivity contribution in [2.75, 3.05) is 23.3 Å². The summed E-state index contributed by atoms with van der Waals surface area (Å²) in [5.74, 6) is 1.60. The van der Waals surface area contributed by atoms with Gasteiger partial charge >= 0.3 is 0 Å². The van der Waals surface area contributed by atoms with E-state index in [1.165, 1.54) is 5.69 Å². The highest BCUT2D eigenvalue weighted by Gasteiger charge is 2.24. The fourth-order valence-corrected chi connectivity index (χ4v) is 3.28. The van der Waals surface area contributed by atoms with E-state index in [-0.39, 0.29) is 0 Å². The molecule has 2 heterocycles. The quantitative estimate of drug-likeness (QED) is 0.873. The van der Waals surface area contributed by atoms with Crippen molar-refractivity contribution in [3.8, 4) is 0 Å². The van der Waals surface area contributed by atoms with Crippen molar-refractivity contribution in [3.63, 3.8) is 0 Å². The summed E-state index contributed by atoms with van der Waals surface area (Å²) < 4.78 is 0. The van der Waals surface area contributed by atoms with E-state index in [0.29, 0.717) is 17.0 Å². The van der Waals surface area contributed by atoms with Crippen molar-refractivity contribution >= 4 is 23.1 Å². The van der Waals surface area contributed by atoms with Gasteiger partial charge in [0.15, 0.2) is 0 Å². The lowest BCUT2D eigenvalue weighted by Gasteiger charge is -2.20. The molecule has 1 aromatic carbocycles. The topological polar surface area (TPSA) is 41.1 Å². The number of anilines is 2. The average molecular weight is 317 g/mol. The molecule has 1 saturated heterocycles. The molecule has 4 nitrogen and oxygen atoms in total.